The first kappa shape index (κ1) is 17.0. The molecule has 1 saturated carbocycles. The van der Waals surface area contributed by atoms with E-state index in [1.165, 1.54) is 0 Å². The molecule has 0 bridgehead atoms. The van der Waals surface area contributed by atoms with E-state index < -0.39 is 0 Å². The van der Waals surface area contributed by atoms with Crippen molar-refractivity contribution in [3.05, 3.63) is 64.7 Å². The Kier molecular flexibility index (Phi) is 4.37. The predicted octanol–water partition coefficient (Wildman–Crippen LogP) is 4.26. The van der Waals surface area contributed by atoms with Crippen LogP contribution in [0.4, 0.5) is 0 Å². The monoisotopic (exact) mass is 367 g/mol. The minimum Gasteiger partial charge on any atom is -0.508 e. The normalized spacial score (nSPS) is 25.6. The zero-order chi connectivity index (χ0) is 18.3. The van der Waals surface area contributed by atoms with E-state index in [-0.39, 0.29) is 41.6 Å². The highest BCUT2D eigenvalue weighted by Gasteiger charge is 2.43. The molecular weight excluding hydrogens is 350 g/mol. The molecule has 1 N–H and O–H groups in total. The van der Waals surface area contributed by atoms with Crippen LogP contribution < -0.4 is 0 Å². The largest absolute Gasteiger partial charge is 0.508 e. The van der Waals surface area contributed by atoms with Crippen LogP contribution in [0.25, 0.3) is 0 Å². The SMILES string of the molecule is O=C1CC(c2ccc(O)cc2)C2C(=O)CC(c3ccccc3Cl)CC2=N1. The maximum Gasteiger partial charge on any atom is 0.246 e. The molecule has 1 aliphatic heterocycles. The van der Waals surface area contributed by atoms with Crippen molar-refractivity contribution >= 4 is 29.0 Å². The highest BCUT2D eigenvalue weighted by Crippen LogP contribution is 2.43. The minimum atomic E-state index is -0.365. The zero-order valence-electron chi connectivity index (χ0n) is 14.1. The summed E-state index contributed by atoms with van der Waals surface area (Å²) < 4.78 is 0. The van der Waals surface area contributed by atoms with E-state index in [1.54, 1.807) is 24.3 Å². The van der Waals surface area contributed by atoms with Crippen molar-refractivity contribution in [2.75, 3.05) is 0 Å². The summed E-state index contributed by atoms with van der Waals surface area (Å²) in [6.07, 6.45) is 1.19. The molecule has 1 heterocycles. The van der Waals surface area contributed by atoms with Crippen LogP contribution in [0.2, 0.25) is 5.02 Å². The van der Waals surface area contributed by atoms with Crippen LogP contribution in [0.1, 0.15) is 42.2 Å². The number of hydrogen-bond acceptors (Lipinski definition) is 3. The first-order valence-electron chi connectivity index (χ1n) is 8.69. The summed E-state index contributed by atoms with van der Waals surface area (Å²) in [7, 11) is 0. The number of aromatic hydroxyl groups is 1. The van der Waals surface area contributed by atoms with Gasteiger partial charge in [-0.15, -0.1) is 0 Å². The molecule has 3 unspecified atom stereocenters. The van der Waals surface area contributed by atoms with Gasteiger partial charge in [0.15, 0.2) is 0 Å². The van der Waals surface area contributed by atoms with Crippen LogP contribution in [0, 0.1) is 5.92 Å². The van der Waals surface area contributed by atoms with E-state index in [4.69, 9.17) is 11.6 Å². The summed E-state index contributed by atoms with van der Waals surface area (Å²) in [6, 6.07) is 14.3. The summed E-state index contributed by atoms with van der Waals surface area (Å²) in [5.74, 6) is -0.546. The second-order valence-electron chi connectivity index (χ2n) is 6.97. The average Bonchev–Trinajstić information content (AvgIpc) is 2.61. The fraction of sp³-hybridized carbons (Fsp3) is 0.286. The molecule has 1 fully saturated rings. The summed E-state index contributed by atoms with van der Waals surface area (Å²) >= 11 is 6.31. The van der Waals surface area contributed by atoms with Gasteiger partial charge in [0.1, 0.15) is 11.5 Å². The van der Waals surface area contributed by atoms with Gasteiger partial charge in [-0.2, -0.15) is 0 Å². The van der Waals surface area contributed by atoms with Gasteiger partial charge in [-0.1, -0.05) is 41.9 Å². The van der Waals surface area contributed by atoms with Crippen LogP contribution in [0.3, 0.4) is 0 Å². The number of carbonyl (C=O) groups excluding carboxylic acids is 2. The third kappa shape index (κ3) is 3.06. The van der Waals surface area contributed by atoms with E-state index in [1.807, 2.05) is 24.3 Å². The average molecular weight is 368 g/mol. The molecule has 0 aromatic heterocycles. The number of Topliss-reactive ketones (excluding diaryl/α,β-unsaturated/α-hetero) is 1. The number of amides is 1. The number of carbonyl (C=O) groups is 2. The van der Waals surface area contributed by atoms with Crippen molar-refractivity contribution < 1.29 is 14.7 Å². The minimum absolute atomic E-state index is 0.0439. The number of halogens is 1. The Morgan fingerprint density at radius 2 is 1.69 bits per heavy atom. The topological polar surface area (TPSA) is 66.7 Å². The third-order valence-electron chi connectivity index (χ3n) is 5.34. The second-order valence-corrected chi connectivity index (χ2v) is 7.38. The molecule has 3 atom stereocenters. The molecular formula is C21H18ClNO3. The lowest BCUT2D eigenvalue weighted by Gasteiger charge is -2.36. The van der Waals surface area contributed by atoms with Gasteiger partial charge >= 0.3 is 0 Å². The van der Waals surface area contributed by atoms with Crippen molar-refractivity contribution in [1.29, 1.82) is 0 Å². The van der Waals surface area contributed by atoms with Crippen LogP contribution in [0.5, 0.6) is 5.75 Å². The van der Waals surface area contributed by atoms with Gasteiger partial charge in [-0.25, -0.2) is 4.99 Å². The first-order valence-corrected chi connectivity index (χ1v) is 9.07. The summed E-state index contributed by atoms with van der Waals surface area (Å²) in [6.45, 7) is 0. The fourth-order valence-corrected chi connectivity index (χ4v) is 4.44. The van der Waals surface area contributed by atoms with Crippen molar-refractivity contribution in [2.45, 2.75) is 31.1 Å². The van der Waals surface area contributed by atoms with E-state index in [0.29, 0.717) is 23.6 Å². The Bertz CT molecular complexity index is 904. The van der Waals surface area contributed by atoms with Crippen LogP contribution in [-0.2, 0) is 9.59 Å². The number of phenolic OH excluding ortho intramolecular Hbond substituents is 1. The van der Waals surface area contributed by atoms with Crippen LogP contribution in [0.15, 0.2) is 53.5 Å². The number of ketones is 1. The molecule has 4 rings (SSSR count). The number of phenols is 1. The van der Waals surface area contributed by atoms with Gasteiger partial charge in [0.2, 0.25) is 5.91 Å². The smallest absolute Gasteiger partial charge is 0.246 e. The first-order chi connectivity index (χ1) is 12.5. The van der Waals surface area contributed by atoms with Gasteiger partial charge in [0.25, 0.3) is 0 Å². The van der Waals surface area contributed by atoms with E-state index in [9.17, 15) is 14.7 Å². The quantitative estimate of drug-likeness (QED) is 0.862. The van der Waals surface area contributed by atoms with Crippen molar-refractivity contribution in [3.8, 4) is 5.75 Å². The lowest BCUT2D eigenvalue weighted by atomic mass is 9.67. The number of benzene rings is 2. The summed E-state index contributed by atoms with van der Waals surface area (Å²) in [5, 5.41) is 10.1. The van der Waals surface area contributed by atoms with Gasteiger partial charge in [0, 0.05) is 29.5 Å². The summed E-state index contributed by atoms with van der Waals surface area (Å²) in [4.78, 5) is 29.4. The summed E-state index contributed by atoms with van der Waals surface area (Å²) in [5.41, 5.74) is 2.49. The highest BCUT2D eigenvalue weighted by molar-refractivity contribution is 6.31. The zero-order valence-corrected chi connectivity index (χ0v) is 14.8. The molecule has 5 heteroatoms. The maximum atomic E-state index is 13.0. The lowest BCUT2D eigenvalue weighted by molar-refractivity contribution is -0.124. The van der Waals surface area contributed by atoms with Gasteiger partial charge < -0.3 is 5.11 Å². The van der Waals surface area contributed by atoms with E-state index in [2.05, 4.69) is 4.99 Å². The number of fused-ring (bicyclic) bond motifs is 1. The molecule has 26 heavy (non-hydrogen) atoms. The van der Waals surface area contributed by atoms with Gasteiger partial charge in [0.05, 0.1) is 5.92 Å². The number of aliphatic imine (C=N–C) groups is 1. The van der Waals surface area contributed by atoms with Crippen molar-refractivity contribution in [1.82, 2.24) is 0 Å². The molecule has 0 saturated heterocycles. The Hall–Kier alpha value is -2.46. The Labute approximate surface area is 156 Å². The molecule has 2 aliphatic rings. The van der Waals surface area contributed by atoms with Crippen molar-refractivity contribution in [3.63, 3.8) is 0 Å². The fourth-order valence-electron chi connectivity index (χ4n) is 4.15. The number of rotatable bonds is 2. The lowest BCUT2D eigenvalue weighted by Crippen LogP contribution is -2.40. The van der Waals surface area contributed by atoms with E-state index in [0.717, 1.165) is 11.1 Å². The van der Waals surface area contributed by atoms with E-state index >= 15 is 0 Å². The molecule has 1 aliphatic carbocycles. The molecule has 1 amide bonds. The Morgan fingerprint density at radius 1 is 0.962 bits per heavy atom. The molecule has 132 valence electrons. The van der Waals surface area contributed by atoms with Crippen LogP contribution >= 0.6 is 11.6 Å². The van der Waals surface area contributed by atoms with Gasteiger partial charge in [-0.3, -0.25) is 9.59 Å². The predicted molar refractivity (Wildman–Crippen MR) is 99.8 cm³/mol. The Morgan fingerprint density at radius 3 is 2.42 bits per heavy atom. The third-order valence-corrected chi connectivity index (χ3v) is 5.68. The van der Waals surface area contributed by atoms with Crippen molar-refractivity contribution in [2.24, 2.45) is 10.9 Å². The highest BCUT2D eigenvalue weighted by atomic mass is 35.5. The molecule has 2 aromatic rings. The molecule has 2 aromatic carbocycles. The second kappa shape index (κ2) is 6.69. The number of nitrogens with zero attached hydrogens (tertiary/aromatic N) is 1. The van der Waals surface area contributed by atoms with Gasteiger partial charge in [-0.05, 0) is 41.7 Å². The molecule has 0 spiro atoms. The maximum absolute atomic E-state index is 13.0. The van der Waals surface area contributed by atoms with Crippen LogP contribution in [-0.4, -0.2) is 22.5 Å². The number of hydrogen-bond donors (Lipinski definition) is 1. The molecule has 4 nitrogen and oxygen atoms in total. The standard InChI is InChI=1S/C21H18ClNO3/c22-17-4-2-1-3-15(17)13-9-18-21(19(25)10-13)16(11-20(26)23-18)12-5-7-14(24)8-6-12/h1-8,13,16,21,24H,9-11H2. The molecule has 0 radical (unpaired) electrons. The Balaban J connectivity index is 1.68.